The highest BCUT2D eigenvalue weighted by molar-refractivity contribution is 8.06. The molecule has 0 N–H and O–H groups in total. The van der Waals surface area contributed by atoms with Crippen LogP contribution in [0.5, 0.6) is 0 Å². The number of esters is 1. The zero-order chi connectivity index (χ0) is 24.2. The van der Waals surface area contributed by atoms with E-state index in [2.05, 4.69) is 16.8 Å². The Morgan fingerprint density at radius 2 is 1.81 bits per heavy atom. The maximum absolute atomic E-state index is 13.3. The third kappa shape index (κ3) is 7.39. The van der Waals surface area contributed by atoms with E-state index < -0.39 is 39.4 Å². The number of carbonyl (C=O) groups is 1. The third-order valence-corrected chi connectivity index (χ3v) is 6.16. The van der Waals surface area contributed by atoms with Gasteiger partial charge in [0.15, 0.2) is 5.79 Å². The average Bonchev–Trinajstić information content (AvgIpc) is 2.62. The molecule has 0 aliphatic carbocycles. The van der Waals surface area contributed by atoms with Gasteiger partial charge in [0.2, 0.25) is 15.0 Å². The lowest BCUT2D eigenvalue weighted by molar-refractivity contribution is -0.295. The van der Waals surface area contributed by atoms with Crippen LogP contribution in [0.1, 0.15) is 47.5 Å². The van der Waals surface area contributed by atoms with Gasteiger partial charge in [-0.2, -0.15) is 5.10 Å². The Morgan fingerprint density at radius 3 is 2.34 bits per heavy atom. The summed E-state index contributed by atoms with van der Waals surface area (Å²) in [6.45, 7) is 12.2. The van der Waals surface area contributed by atoms with Crippen molar-refractivity contribution in [1.29, 1.82) is 0 Å². The Balaban J connectivity index is 2.19. The first-order chi connectivity index (χ1) is 14.8. The van der Waals surface area contributed by atoms with Crippen molar-refractivity contribution in [3.05, 3.63) is 30.3 Å². The van der Waals surface area contributed by atoms with Crippen LogP contribution in [0.25, 0.3) is 0 Å². The van der Waals surface area contributed by atoms with Gasteiger partial charge in [-0.15, -0.1) is 0 Å². The summed E-state index contributed by atoms with van der Waals surface area (Å²) in [6.07, 6.45) is -1.04. The molecule has 178 valence electrons. The number of sulfone groups is 1. The van der Waals surface area contributed by atoms with Crippen molar-refractivity contribution in [2.24, 2.45) is 10.1 Å². The first-order valence-corrected chi connectivity index (χ1v) is 12.0. The summed E-state index contributed by atoms with van der Waals surface area (Å²) in [4.78, 5) is 16.2. The van der Waals surface area contributed by atoms with Crippen molar-refractivity contribution in [3.63, 3.8) is 0 Å². The van der Waals surface area contributed by atoms with E-state index in [1.165, 1.54) is 12.1 Å². The number of para-hydroxylation sites is 1. The monoisotopic (exact) mass is 467 g/mol. The number of hydrogen-bond donors (Lipinski definition) is 0. The van der Waals surface area contributed by atoms with Gasteiger partial charge in [0.05, 0.1) is 30.1 Å². The molecule has 1 aromatic carbocycles. The van der Waals surface area contributed by atoms with Gasteiger partial charge < -0.3 is 14.2 Å². The molecule has 1 aromatic rings. The first-order valence-electron chi connectivity index (χ1n) is 10.3. The molecule has 9 nitrogen and oxygen atoms in total. The molecular weight excluding hydrogens is 434 g/mol. The number of rotatable bonds is 6. The largest absolute Gasteiger partial charge is 0.460 e. The topological polar surface area (TPSA) is 107 Å². The lowest BCUT2D eigenvalue weighted by Gasteiger charge is -2.40. The molecule has 0 unspecified atom stereocenters. The summed E-state index contributed by atoms with van der Waals surface area (Å²) in [5.41, 5.74) is -0.103. The average molecular weight is 468 g/mol. The van der Waals surface area contributed by atoms with Crippen molar-refractivity contribution < 1.29 is 27.4 Å². The minimum absolute atomic E-state index is 0.000312. The number of ether oxygens (including phenoxy) is 3. The van der Waals surface area contributed by atoms with E-state index in [9.17, 15) is 13.2 Å². The van der Waals surface area contributed by atoms with E-state index in [4.69, 9.17) is 14.2 Å². The van der Waals surface area contributed by atoms with Gasteiger partial charge in [0.25, 0.3) is 0 Å². The lowest BCUT2D eigenvalue weighted by Crippen LogP contribution is -2.49. The number of aliphatic imine (C=N–C) groups is 1. The highest BCUT2D eigenvalue weighted by Gasteiger charge is 2.40. The number of hydrogen-bond acceptors (Lipinski definition) is 8. The van der Waals surface area contributed by atoms with Crippen LogP contribution < -0.4 is 5.01 Å². The van der Waals surface area contributed by atoms with Gasteiger partial charge >= 0.3 is 5.97 Å². The number of nitrogens with zero attached hydrogens (tertiary/aromatic N) is 3. The van der Waals surface area contributed by atoms with Crippen LogP contribution in [-0.4, -0.2) is 62.7 Å². The van der Waals surface area contributed by atoms with E-state index >= 15 is 0 Å². The zero-order valence-corrected chi connectivity index (χ0v) is 20.4. The molecule has 1 saturated heterocycles. The fourth-order valence-electron chi connectivity index (χ4n) is 3.52. The molecule has 0 saturated carbocycles. The number of amidine groups is 1. The summed E-state index contributed by atoms with van der Waals surface area (Å²) in [5.74, 6) is -1.83. The molecule has 10 heteroatoms. The second kappa shape index (κ2) is 10.1. The van der Waals surface area contributed by atoms with Gasteiger partial charge in [0, 0.05) is 20.2 Å². The zero-order valence-electron chi connectivity index (χ0n) is 19.6. The summed E-state index contributed by atoms with van der Waals surface area (Å²) >= 11 is 0. The second-order valence-corrected chi connectivity index (χ2v) is 10.9. The lowest BCUT2D eigenvalue weighted by atomic mass is 10.1. The van der Waals surface area contributed by atoms with Crippen molar-refractivity contribution in [2.45, 2.75) is 71.1 Å². The van der Waals surface area contributed by atoms with Gasteiger partial charge in [-0.1, -0.05) is 18.2 Å². The van der Waals surface area contributed by atoms with Crippen LogP contribution in [0.2, 0.25) is 0 Å². The van der Waals surface area contributed by atoms with Crippen molar-refractivity contribution in [2.75, 3.05) is 17.8 Å². The molecule has 1 fully saturated rings. The third-order valence-electron chi connectivity index (χ3n) is 4.44. The van der Waals surface area contributed by atoms with E-state index in [1.54, 1.807) is 58.9 Å². The Bertz CT molecular complexity index is 938. The molecule has 0 amide bonds. The Kier molecular flexibility index (Phi) is 8.19. The van der Waals surface area contributed by atoms with Gasteiger partial charge in [-0.3, -0.25) is 9.79 Å². The van der Waals surface area contributed by atoms with E-state index in [1.807, 2.05) is 6.07 Å². The minimum Gasteiger partial charge on any atom is -0.460 e. The molecule has 1 aliphatic heterocycles. The van der Waals surface area contributed by atoms with Crippen LogP contribution in [0, 0.1) is 0 Å². The molecule has 32 heavy (non-hydrogen) atoms. The summed E-state index contributed by atoms with van der Waals surface area (Å²) in [7, 11) is -2.53. The number of hydrazone groups is 1. The van der Waals surface area contributed by atoms with Crippen molar-refractivity contribution in [1.82, 2.24) is 0 Å². The quantitative estimate of drug-likeness (QED) is 0.274. The fraction of sp³-hybridized carbons (Fsp3) is 0.591. The van der Waals surface area contributed by atoms with Crippen LogP contribution in [-0.2, 0) is 28.8 Å². The maximum Gasteiger partial charge on any atom is 0.308 e. The highest BCUT2D eigenvalue weighted by atomic mass is 32.2. The number of anilines is 1. The highest BCUT2D eigenvalue weighted by Crippen LogP contribution is 2.30. The normalized spacial score (nSPS) is 21.6. The predicted molar refractivity (Wildman–Crippen MR) is 125 cm³/mol. The van der Waals surface area contributed by atoms with Crippen LogP contribution >= 0.6 is 0 Å². The Labute approximate surface area is 190 Å². The van der Waals surface area contributed by atoms with E-state index in [0.29, 0.717) is 5.69 Å². The summed E-state index contributed by atoms with van der Waals surface area (Å²) < 4.78 is 43.6. The molecule has 2 atom stereocenters. The Morgan fingerprint density at radius 1 is 1.22 bits per heavy atom. The minimum atomic E-state index is -3.92. The molecular formula is C22H33N3O6S. The SMILES string of the molecule is C=NN(/C(=N\C)S(=O)(=O)C[C@@H]1C[C@H](CC(=O)OC(C)(C)C)OC(C)(C)O1)c1ccccc1. The predicted octanol–water partition coefficient (Wildman–Crippen LogP) is 3.15. The summed E-state index contributed by atoms with van der Waals surface area (Å²) in [5, 5.41) is 4.79. The molecule has 1 heterocycles. The van der Waals surface area contributed by atoms with Crippen molar-refractivity contribution >= 4 is 33.4 Å². The fourth-order valence-corrected chi connectivity index (χ4v) is 5.07. The van der Waals surface area contributed by atoms with Gasteiger partial charge in [0.1, 0.15) is 5.60 Å². The number of carbonyl (C=O) groups excluding carboxylic acids is 1. The van der Waals surface area contributed by atoms with Crippen LogP contribution in [0.15, 0.2) is 40.4 Å². The Hall–Kier alpha value is -2.30. The summed E-state index contributed by atoms with van der Waals surface area (Å²) in [6, 6.07) is 8.75. The standard InChI is InChI=1S/C22H33N3O6S/c1-21(2,3)31-19(26)14-17-13-18(30-22(4,5)29-17)15-32(27,28)20(23-6)25(24-7)16-11-9-8-10-12-16/h8-12,17-18H,7,13-15H2,1-6H3/b23-20+/t17-,18+/m1/s1. The van der Waals surface area contributed by atoms with Crippen LogP contribution in [0.4, 0.5) is 5.69 Å². The molecule has 0 bridgehead atoms. The van der Waals surface area contributed by atoms with Crippen molar-refractivity contribution in [3.8, 4) is 0 Å². The van der Waals surface area contributed by atoms with Gasteiger partial charge in [-0.05, 0) is 46.8 Å². The maximum atomic E-state index is 13.3. The number of benzene rings is 1. The smallest absolute Gasteiger partial charge is 0.308 e. The molecule has 0 aromatic heterocycles. The second-order valence-electron chi connectivity index (χ2n) is 8.98. The molecule has 2 rings (SSSR count). The van der Waals surface area contributed by atoms with Crippen LogP contribution in [0.3, 0.4) is 0 Å². The van der Waals surface area contributed by atoms with E-state index in [-0.39, 0.29) is 23.8 Å². The first kappa shape index (κ1) is 26.0. The van der Waals surface area contributed by atoms with E-state index in [0.717, 1.165) is 0 Å². The molecule has 0 radical (unpaired) electrons. The van der Waals surface area contributed by atoms with Gasteiger partial charge in [-0.25, -0.2) is 13.4 Å². The molecule has 1 aliphatic rings. The molecule has 0 spiro atoms.